The normalized spacial score (nSPS) is 15.4. The van der Waals surface area contributed by atoms with E-state index in [1.54, 1.807) is 25.1 Å². The highest BCUT2D eigenvalue weighted by Gasteiger charge is 2.35. The fraction of sp³-hybridized carbons (Fsp3) is 0.148. The van der Waals surface area contributed by atoms with Crippen molar-refractivity contribution in [3.05, 3.63) is 113 Å². The molecule has 7 nitrogen and oxygen atoms in total. The maximum absolute atomic E-state index is 13.9. The van der Waals surface area contributed by atoms with E-state index in [2.05, 4.69) is 4.99 Å². The first-order valence-corrected chi connectivity index (χ1v) is 12.8. The number of ether oxygens (including phenoxy) is 2. The van der Waals surface area contributed by atoms with E-state index in [0.717, 1.165) is 11.4 Å². The highest BCUT2D eigenvalue weighted by Crippen LogP contribution is 2.37. The van der Waals surface area contributed by atoms with Gasteiger partial charge < -0.3 is 14.0 Å². The number of aromatic nitrogens is 2. The molecule has 4 aromatic rings. The van der Waals surface area contributed by atoms with Crippen LogP contribution in [-0.2, 0) is 9.53 Å². The molecule has 0 fully saturated rings. The van der Waals surface area contributed by atoms with Crippen molar-refractivity contribution in [2.75, 3.05) is 14.2 Å². The molecule has 1 aliphatic heterocycles. The molecule has 0 amide bonds. The second-order valence-electron chi connectivity index (χ2n) is 8.24. The molecule has 0 aliphatic carbocycles. The first-order chi connectivity index (χ1) is 17.8. The number of hydrogen-bond donors (Lipinski definition) is 0. The summed E-state index contributed by atoms with van der Waals surface area (Å²) in [5, 5.41) is 1.08. The van der Waals surface area contributed by atoms with Crippen LogP contribution in [0.15, 0.2) is 81.9 Å². The molecule has 0 N–H and O–H groups in total. The summed E-state index contributed by atoms with van der Waals surface area (Å²) in [5.74, 6) is -0.101. The Morgan fingerprint density at radius 3 is 2.51 bits per heavy atom. The van der Waals surface area contributed by atoms with Gasteiger partial charge in [-0.05, 0) is 67.6 Å². The minimum Gasteiger partial charge on any atom is -0.496 e. The molecule has 10 heteroatoms. The van der Waals surface area contributed by atoms with Crippen molar-refractivity contribution >= 4 is 46.6 Å². The van der Waals surface area contributed by atoms with Crippen LogP contribution >= 0.6 is 34.5 Å². The van der Waals surface area contributed by atoms with Crippen LogP contribution in [0.1, 0.15) is 24.2 Å². The molecule has 188 valence electrons. The van der Waals surface area contributed by atoms with E-state index >= 15 is 0 Å². The zero-order valence-electron chi connectivity index (χ0n) is 20.1. The monoisotopic (exact) mass is 553 g/mol. The zero-order valence-corrected chi connectivity index (χ0v) is 22.4. The van der Waals surface area contributed by atoms with Crippen LogP contribution in [0.3, 0.4) is 0 Å². The molecule has 2 aromatic carbocycles. The van der Waals surface area contributed by atoms with Gasteiger partial charge in [0.25, 0.3) is 5.56 Å². The fourth-order valence-electron chi connectivity index (χ4n) is 4.39. The number of carbonyl (C=O) groups is 1. The minimum atomic E-state index is -0.831. The minimum absolute atomic E-state index is 0.242. The molecule has 0 radical (unpaired) electrons. The summed E-state index contributed by atoms with van der Waals surface area (Å²) in [6.07, 6.45) is 3.72. The average molecular weight is 554 g/mol. The third-order valence-electron chi connectivity index (χ3n) is 6.08. The molecule has 0 bridgehead atoms. The summed E-state index contributed by atoms with van der Waals surface area (Å²) < 4.78 is 14.6. The molecule has 5 rings (SSSR count). The number of methoxy groups -OCH3 is 2. The van der Waals surface area contributed by atoms with Crippen molar-refractivity contribution in [3.63, 3.8) is 0 Å². The molecule has 0 saturated carbocycles. The van der Waals surface area contributed by atoms with E-state index < -0.39 is 12.0 Å². The molecule has 0 saturated heterocycles. The van der Waals surface area contributed by atoms with E-state index in [1.165, 1.54) is 30.1 Å². The quantitative estimate of drug-likeness (QED) is 0.341. The van der Waals surface area contributed by atoms with E-state index in [0.29, 0.717) is 36.4 Å². The summed E-state index contributed by atoms with van der Waals surface area (Å²) >= 11 is 13.6. The Morgan fingerprint density at radius 1 is 1.08 bits per heavy atom. The first kappa shape index (κ1) is 25.1. The molecule has 37 heavy (non-hydrogen) atoms. The number of benzene rings is 2. The van der Waals surface area contributed by atoms with Gasteiger partial charge in [0.15, 0.2) is 4.80 Å². The Bertz CT molecular complexity index is 1730. The molecule has 0 spiro atoms. The highest BCUT2D eigenvalue weighted by molar-refractivity contribution is 7.07. The van der Waals surface area contributed by atoms with Crippen molar-refractivity contribution in [1.82, 2.24) is 9.13 Å². The zero-order chi connectivity index (χ0) is 26.3. The molecular weight excluding hydrogens is 533 g/mol. The lowest BCUT2D eigenvalue weighted by atomic mass is 9.95. The summed E-state index contributed by atoms with van der Waals surface area (Å²) in [5.41, 5.74) is 2.66. The number of esters is 1. The summed E-state index contributed by atoms with van der Waals surface area (Å²) in [6.45, 7) is 1.72. The van der Waals surface area contributed by atoms with Crippen molar-refractivity contribution in [2.45, 2.75) is 13.0 Å². The van der Waals surface area contributed by atoms with Crippen LogP contribution in [-0.4, -0.2) is 29.3 Å². The van der Waals surface area contributed by atoms with Gasteiger partial charge in [0, 0.05) is 33.2 Å². The van der Waals surface area contributed by atoms with Gasteiger partial charge in [0.05, 0.1) is 30.0 Å². The second-order valence-corrected chi connectivity index (χ2v) is 10.1. The van der Waals surface area contributed by atoms with Crippen LogP contribution in [0.5, 0.6) is 5.75 Å². The SMILES string of the molecule is COC(=O)C1=C(C)N=c2s/c(=C\c3cccn3-c3ccc(Cl)cc3)c(=O)n2[C@@H]1c1cc(Cl)ccc1OC. The predicted octanol–water partition coefficient (Wildman–Crippen LogP) is 4.51. The van der Waals surface area contributed by atoms with Gasteiger partial charge in [0.1, 0.15) is 11.8 Å². The Labute approximate surface area is 226 Å². The van der Waals surface area contributed by atoms with Gasteiger partial charge in [-0.2, -0.15) is 0 Å². The second kappa shape index (κ2) is 10.0. The van der Waals surface area contributed by atoms with Crippen molar-refractivity contribution in [3.8, 4) is 11.4 Å². The number of allylic oxidation sites excluding steroid dienone is 1. The summed E-state index contributed by atoms with van der Waals surface area (Å²) in [6, 6.07) is 15.5. The predicted molar refractivity (Wildman–Crippen MR) is 145 cm³/mol. The summed E-state index contributed by atoms with van der Waals surface area (Å²) in [7, 11) is 2.82. The maximum Gasteiger partial charge on any atom is 0.338 e. The third kappa shape index (κ3) is 4.52. The van der Waals surface area contributed by atoms with Crippen LogP contribution < -0.4 is 19.6 Å². The van der Waals surface area contributed by atoms with Crippen molar-refractivity contribution < 1.29 is 14.3 Å². The van der Waals surface area contributed by atoms with Crippen LogP contribution in [0.2, 0.25) is 10.0 Å². The maximum atomic E-state index is 13.9. The molecule has 1 atom stereocenters. The standard InChI is InChI=1S/C27H21Cl2N3O4S/c1-15-23(26(34)36-3)24(20-13-17(29)8-11-21(20)35-2)32-25(33)22(37-27(32)30-15)14-19-5-4-12-31(19)18-9-6-16(28)7-10-18/h4-14,24H,1-3H3/b22-14-/t24-/m1/s1. The van der Waals surface area contributed by atoms with Gasteiger partial charge in [-0.15, -0.1) is 0 Å². The third-order valence-corrected chi connectivity index (χ3v) is 7.55. The average Bonchev–Trinajstić information content (AvgIpc) is 3.47. The lowest BCUT2D eigenvalue weighted by Gasteiger charge is -2.25. The Hall–Kier alpha value is -3.59. The highest BCUT2D eigenvalue weighted by atomic mass is 35.5. The molecule has 0 unspecified atom stereocenters. The van der Waals surface area contributed by atoms with Crippen LogP contribution in [0, 0.1) is 0 Å². The number of hydrogen-bond acceptors (Lipinski definition) is 6. The van der Waals surface area contributed by atoms with Gasteiger partial charge in [-0.3, -0.25) is 9.36 Å². The summed E-state index contributed by atoms with van der Waals surface area (Å²) in [4.78, 5) is 31.8. The Morgan fingerprint density at radius 2 is 1.81 bits per heavy atom. The van der Waals surface area contributed by atoms with E-state index in [1.807, 2.05) is 53.2 Å². The number of nitrogens with zero attached hydrogens (tertiary/aromatic N) is 3. The lowest BCUT2D eigenvalue weighted by Crippen LogP contribution is -2.40. The van der Waals surface area contributed by atoms with Gasteiger partial charge in [-0.1, -0.05) is 34.5 Å². The largest absolute Gasteiger partial charge is 0.496 e. The van der Waals surface area contributed by atoms with E-state index in [-0.39, 0.29) is 11.1 Å². The molecule has 2 aromatic heterocycles. The van der Waals surface area contributed by atoms with Gasteiger partial charge in [0.2, 0.25) is 0 Å². The van der Waals surface area contributed by atoms with Gasteiger partial charge in [-0.25, -0.2) is 9.79 Å². The van der Waals surface area contributed by atoms with Gasteiger partial charge >= 0.3 is 5.97 Å². The molecular formula is C27H21Cl2N3O4S. The topological polar surface area (TPSA) is 74.8 Å². The van der Waals surface area contributed by atoms with Crippen LogP contribution in [0.4, 0.5) is 0 Å². The number of thiazole rings is 1. The fourth-order valence-corrected chi connectivity index (χ4v) is 5.73. The van der Waals surface area contributed by atoms with E-state index in [4.69, 9.17) is 32.7 Å². The molecule has 1 aliphatic rings. The number of halogens is 2. The number of rotatable bonds is 5. The first-order valence-electron chi connectivity index (χ1n) is 11.2. The van der Waals surface area contributed by atoms with Crippen LogP contribution in [0.25, 0.3) is 11.8 Å². The number of carbonyl (C=O) groups excluding carboxylic acids is 1. The van der Waals surface area contributed by atoms with Crippen molar-refractivity contribution in [1.29, 1.82) is 0 Å². The lowest BCUT2D eigenvalue weighted by molar-refractivity contribution is -0.136. The Balaban J connectivity index is 1.74. The smallest absolute Gasteiger partial charge is 0.338 e. The number of fused-ring (bicyclic) bond motifs is 1. The van der Waals surface area contributed by atoms with E-state index in [9.17, 15) is 9.59 Å². The molecule has 3 heterocycles. The Kier molecular flexibility index (Phi) is 6.81. The van der Waals surface area contributed by atoms with Crippen molar-refractivity contribution in [2.24, 2.45) is 4.99 Å².